The van der Waals surface area contributed by atoms with Crippen molar-refractivity contribution in [3.8, 4) is 0 Å². The summed E-state index contributed by atoms with van der Waals surface area (Å²) >= 11 is 0. The van der Waals surface area contributed by atoms with E-state index in [-0.39, 0.29) is 11.7 Å². The molecule has 0 spiro atoms. The van der Waals surface area contributed by atoms with Crippen LogP contribution in [0.1, 0.15) is 31.4 Å². The summed E-state index contributed by atoms with van der Waals surface area (Å²) in [5.41, 5.74) is 0.939. The van der Waals surface area contributed by atoms with Crippen LogP contribution in [0.4, 0.5) is 5.69 Å². The maximum absolute atomic E-state index is 10.9. The number of nitrogens with one attached hydrogen (secondary N) is 2. The Bertz CT molecular complexity index is 575. The minimum atomic E-state index is -3.15. The van der Waals surface area contributed by atoms with Crippen molar-refractivity contribution in [1.82, 2.24) is 10.0 Å². The summed E-state index contributed by atoms with van der Waals surface area (Å²) in [6.45, 7) is 2.99. The van der Waals surface area contributed by atoms with Crippen molar-refractivity contribution < 1.29 is 13.3 Å². The fourth-order valence-corrected chi connectivity index (χ4v) is 2.49. The van der Waals surface area contributed by atoms with Gasteiger partial charge in [-0.15, -0.1) is 0 Å². The highest BCUT2D eigenvalue weighted by molar-refractivity contribution is 7.88. The zero-order valence-corrected chi connectivity index (χ0v) is 13.0. The van der Waals surface area contributed by atoms with Crippen LogP contribution < -0.4 is 10.0 Å². The van der Waals surface area contributed by atoms with Crippen molar-refractivity contribution in [2.75, 3.05) is 19.3 Å². The Labute approximate surface area is 124 Å². The highest BCUT2D eigenvalue weighted by Gasteiger charge is 2.12. The molecule has 21 heavy (non-hydrogen) atoms. The molecule has 0 aliphatic rings. The highest BCUT2D eigenvalue weighted by atomic mass is 32.2. The number of non-ortho nitro benzene ring substituents is 1. The van der Waals surface area contributed by atoms with E-state index in [0.717, 1.165) is 18.2 Å². The van der Waals surface area contributed by atoms with E-state index in [1.807, 2.05) is 13.0 Å². The molecule has 0 fully saturated rings. The summed E-state index contributed by atoms with van der Waals surface area (Å²) in [6, 6.07) is 6.57. The van der Waals surface area contributed by atoms with Crippen molar-refractivity contribution in [1.29, 1.82) is 0 Å². The summed E-state index contributed by atoms with van der Waals surface area (Å²) in [5, 5.41) is 14.1. The Morgan fingerprint density at radius 1 is 1.33 bits per heavy atom. The van der Waals surface area contributed by atoms with Crippen LogP contribution in [0.3, 0.4) is 0 Å². The van der Waals surface area contributed by atoms with Crippen LogP contribution in [-0.4, -0.2) is 32.7 Å². The van der Waals surface area contributed by atoms with Gasteiger partial charge < -0.3 is 5.32 Å². The highest BCUT2D eigenvalue weighted by Crippen LogP contribution is 2.21. The van der Waals surface area contributed by atoms with Gasteiger partial charge in [0, 0.05) is 24.7 Å². The molecule has 1 atom stereocenters. The van der Waals surface area contributed by atoms with E-state index in [9.17, 15) is 18.5 Å². The second-order valence-corrected chi connectivity index (χ2v) is 6.62. The Morgan fingerprint density at radius 2 is 2.05 bits per heavy atom. The summed E-state index contributed by atoms with van der Waals surface area (Å²) in [5.74, 6) is 0. The molecule has 1 rings (SSSR count). The molecule has 0 heterocycles. The molecule has 118 valence electrons. The Balaban J connectivity index is 2.51. The maximum Gasteiger partial charge on any atom is 0.269 e. The fraction of sp³-hybridized carbons (Fsp3) is 0.538. The number of benzene rings is 1. The Hall–Kier alpha value is -1.51. The van der Waals surface area contributed by atoms with Gasteiger partial charge in [0.05, 0.1) is 11.2 Å². The topological polar surface area (TPSA) is 101 Å². The molecule has 0 aliphatic heterocycles. The third-order valence-electron chi connectivity index (χ3n) is 3.00. The van der Waals surface area contributed by atoms with E-state index in [4.69, 9.17) is 0 Å². The van der Waals surface area contributed by atoms with E-state index in [0.29, 0.717) is 19.5 Å². The lowest BCUT2D eigenvalue weighted by atomic mass is 10.0. The number of nitro benzene ring substituents is 1. The number of nitrogens with zero attached hydrogens (tertiary/aromatic N) is 1. The zero-order valence-electron chi connectivity index (χ0n) is 12.2. The minimum absolute atomic E-state index is 0.0168. The molecule has 2 N–H and O–H groups in total. The van der Waals surface area contributed by atoms with Gasteiger partial charge in [-0.25, -0.2) is 13.1 Å². The monoisotopic (exact) mass is 315 g/mol. The molecule has 0 aromatic heterocycles. The molecule has 0 bridgehead atoms. The molecular formula is C13H21N3O4S. The first kappa shape index (κ1) is 17.5. The molecule has 0 aliphatic carbocycles. The number of sulfonamides is 1. The molecule has 0 radical (unpaired) electrons. The Morgan fingerprint density at radius 3 is 2.62 bits per heavy atom. The lowest BCUT2D eigenvalue weighted by Crippen LogP contribution is -2.28. The second kappa shape index (κ2) is 8.06. The first-order valence-electron chi connectivity index (χ1n) is 6.76. The van der Waals surface area contributed by atoms with Gasteiger partial charge in [0.25, 0.3) is 5.69 Å². The maximum atomic E-state index is 10.9. The third kappa shape index (κ3) is 6.65. The van der Waals surface area contributed by atoms with E-state index >= 15 is 0 Å². The molecule has 7 nitrogen and oxygen atoms in total. The lowest BCUT2D eigenvalue weighted by Gasteiger charge is -2.17. The summed E-state index contributed by atoms with van der Waals surface area (Å²) in [7, 11) is -3.15. The first-order valence-corrected chi connectivity index (χ1v) is 8.65. The number of rotatable bonds is 9. The summed E-state index contributed by atoms with van der Waals surface area (Å²) < 4.78 is 24.2. The molecular weight excluding hydrogens is 294 g/mol. The van der Waals surface area contributed by atoms with Gasteiger partial charge in [0.2, 0.25) is 10.0 Å². The van der Waals surface area contributed by atoms with Crippen molar-refractivity contribution in [3.63, 3.8) is 0 Å². The first-order chi connectivity index (χ1) is 9.83. The van der Waals surface area contributed by atoms with Gasteiger partial charge in [0.15, 0.2) is 0 Å². The average molecular weight is 315 g/mol. The summed E-state index contributed by atoms with van der Waals surface area (Å²) in [6.07, 6.45) is 2.57. The largest absolute Gasteiger partial charge is 0.310 e. The quantitative estimate of drug-likeness (QED) is 0.409. The molecule has 8 heteroatoms. The van der Waals surface area contributed by atoms with Crippen LogP contribution in [0.5, 0.6) is 0 Å². The number of nitro groups is 1. The predicted octanol–water partition coefficient (Wildman–Crippen LogP) is 1.57. The molecule has 1 aromatic carbocycles. The average Bonchev–Trinajstić information content (AvgIpc) is 2.41. The molecule has 0 saturated carbocycles. The third-order valence-corrected chi connectivity index (χ3v) is 3.73. The van der Waals surface area contributed by atoms with Crippen LogP contribution in [0, 0.1) is 10.1 Å². The second-order valence-electron chi connectivity index (χ2n) is 4.79. The van der Waals surface area contributed by atoms with Gasteiger partial charge in [-0.1, -0.05) is 19.1 Å². The SMILES string of the molecule is CCC(NCCCNS(C)(=O)=O)c1cccc([N+](=O)[O-])c1. The van der Waals surface area contributed by atoms with Gasteiger partial charge in [-0.3, -0.25) is 10.1 Å². The van der Waals surface area contributed by atoms with Gasteiger partial charge >= 0.3 is 0 Å². The lowest BCUT2D eigenvalue weighted by molar-refractivity contribution is -0.384. The van der Waals surface area contributed by atoms with Crippen LogP contribution in [0.15, 0.2) is 24.3 Å². The number of hydrogen-bond acceptors (Lipinski definition) is 5. The van der Waals surface area contributed by atoms with Gasteiger partial charge in [-0.05, 0) is 24.9 Å². The smallest absolute Gasteiger partial charge is 0.269 e. The minimum Gasteiger partial charge on any atom is -0.310 e. The summed E-state index contributed by atoms with van der Waals surface area (Å²) in [4.78, 5) is 10.4. The predicted molar refractivity (Wildman–Crippen MR) is 81.6 cm³/mol. The fourth-order valence-electron chi connectivity index (χ4n) is 1.98. The zero-order chi connectivity index (χ0) is 15.9. The molecule has 1 aromatic rings. The molecule has 0 amide bonds. The van der Waals surface area contributed by atoms with E-state index in [2.05, 4.69) is 10.0 Å². The van der Waals surface area contributed by atoms with E-state index in [1.54, 1.807) is 12.1 Å². The van der Waals surface area contributed by atoms with Crippen LogP contribution in [0.25, 0.3) is 0 Å². The van der Waals surface area contributed by atoms with E-state index in [1.165, 1.54) is 6.07 Å². The van der Waals surface area contributed by atoms with Crippen molar-refractivity contribution in [2.45, 2.75) is 25.8 Å². The van der Waals surface area contributed by atoms with Crippen molar-refractivity contribution in [3.05, 3.63) is 39.9 Å². The van der Waals surface area contributed by atoms with Crippen LogP contribution in [-0.2, 0) is 10.0 Å². The van der Waals surface area contributed by atoms with Crippen LogP contribution in [0.2, 0.25) is 0 Å². The molecule has 0 saturated heterocycles. The number of hydrogen-bond donors (Lipinski definition) is 2. The standard InChI is InChI=1S/C13H21N3O4S/c1-3-13(14-8-5-9-15-21(2,19)20)11-6-4-7-12(10-11)16(17)18/h4,6-7,10,13-15H,3,5,8-9H2,1-2H3. The van der Waals surface area contributed by atoms with Gasteiger partial charge in [-0.2, -0.15) is 0 Å². The van der Waals surface area contributed by atoms with E-state index < -0.39 is 14.9 Å². The van der Waals surface area contributed by atoms with Crippen LogP contribution >= 0.6 is 0 Å². The van der Waals surface area contributed by atoms with Crippen molar-refractivity contribution in [2.24, 2.45) is 0 Å². The molecule has 1 unspecified atom stereocenters. The Kier molecular flexibility index (Phi) is 6.73. The normalized spacial score (nSPS) is 13.0. The van der Waals surface area contributed by atoms with Gasteiger partial charge in [0.1, 0.15) is 0 Å². The van der Waals surface area contributed by atoms with Crippen molar-refractivity contribution >= 4 is 15.7 Å².